The number of anilines is 1. The molecule has 1 aromatic heterocycles. The molecule has 1 aromatic carbocycles. The highest BCUT2D eigenvalue weighted by Gasteiger charge is 2.11. The number of non-ortho nitro benzene ring substituents is 1. The van der Waals surface area contributed by atoms with Crippen molar-refractivity contribution in [2.24, 2.45) is 0 Å². The molecule has 7 nitrogen and oxygen atoms in total. The van der Waals surface area contributed by atoms with Crippen molar-refractivity contribution < 1.29 is 19.2 Å². The predicted octanol–water partition coefficient (Wildman–Crippen LogP) is 2.81. The third-order valence-corrected chi connectivity index (χ3v) is 2.76. The van der Waals surface area contributed by atoms with Crippen molar-refractivity contribution in [1.82, 2.24) is 0 Å². The van der Waals surface area contributed by atoms with E-state index in [1.165, 1.54) is 18.2 Å². The van der Waals surface area contributed by atoms with Crippen molar-refractivity contribution in [3.8, 4) is 0 Å². The monoisotopic (exact) mass is 276 g/mol. The molecule has 104 valence electrons. The van der Waals surface area contributed by atoms with Gasteiger partial charge in [0.1, 0.15) is 5.76 Å². The Bertz CT molecular complexity index is 663. The topological polar surface area (TPSA) is 106 Å². The fourth-order valence-electron chi connectivity index (χ4n) is 1.68. The van der Waals surface area contributed by atoms with Gasteiger partial charge in [0.2, 0.25) is 5.76 Å². The zero-order chi connectivity index (χ0) is 14.7. The van der Waals surface area contributed by atoms with Gasteiger partial charge < -0.3 is 14.8 Å². The molecule has 0 atom stereocenters. The summed E-state index contributed by atoms with van der Waals surface area (Å²) in [5, 5.41) is 22.4. The molecule has 0 aliphatic rings. The van der Waals surface area contributed by atoms with E-state index in [9.17, 15) is 14.9 Å². The second kappa shape index (κ2) is 5.43. The Morgan fingerprint density at radius 3 is 2.75 bits per heavy atom. The quantitative estimate of drug-likeness (QED) is 0.642. The molecule has 7 heteroatoms. The van der Waals surface area contributed by atoms with Gasteiger partial charge in [-0.15, -0.1) is 0 Å². The first-order chi connectivity index (χ1) is 9.47. The van der Waals surface area contributed by atoms with Crippen molar-refractivity contribution in [2.45, 2.75) is 13.5 Å². The molecule has 0 aliphatic heterocycles. The van der Waals surface area contributed by atoms with Gasteiger partial charge in [-0.05, 0) is 24.6 Å². The third kappa shape index (κ3) is 2.94. The van der Waals surface area contributed by atoms with Gasteiger partial charge in [-0.3, -0.25) is 10.1 Å². The highest BCUT2D eigenvalue weighted by Crippen LogP contribution is 2.22. The summed E-state index contributed by atoms with van der Waals surface area (Å²) < 4.78 is 5.09. The predicted molar refractivity (Wildman–Crippen MR) is 70.8 cm³/mol. The van der Waals surface area contributed by atoms with Crippen LogP contribution in [0.2, 0.25) is 0 Å². The summed E-state index contributed by atoms with van der Waals surface area (Å²) >= 11 is 0. The lowest BCUT2D eigenvalue weighted by molar-refractivity contribution is -0.384. The summed E-state index contributed by atoms with van der Waals surface area (Å²) in [6.07, 6.45) is 0. The minimum absolute atomic E-state index is 0.0104. The van der Waals surface area contributed by atoms with Gasteiger partial charge >= 0.3 is 5.97 Å². The Kier molecular flexibility index (Phi) is 3.69. The second-order valence-electron chi connectivity index (χ2n) is 4.18. The minimum atomic E-state index is -1.14. The highest BCUT2D eigenvalue weighted by molar-refractivity contribution is 5.84. The largest absolute Gasteiger partial charge is 0.475 e. The van der Waals surface area contributed by atoms with Gasteiger partial charge in [0.25, 0.3) is 5.69 Å². The van der Waals surface area contributed by atoms with Crippen molar-refractivity contribution in [3.05, 3.63) is 57.5 Å². The first-order valence-electron chi connectivity index (χ1n) is 5.78. The number of nitro benzene ring substituents is 1. The number of furan rings is 1. The first-order valence-corrected chi connectivity index (χ1v) is 5.78. The summed E-state index contributed by atoms with van der Waals surface area (Å²) in [5.74, 6) is -0.839. The van der Waals surface area contributed by atoms with Gasteiger partial charge in [-0.1, -0.05) is 6.07 Å². The van der Waals surface area contributed by atoms with E-state index in [4.69, 9.17) is 9.52 Å². The molecule has 0 amide bonds. The van der Waals surface area contributed by atoms with Crippen LogP contribution in [0.4, 0.5) is 11.4 Å². The van der Waals surface area contributed by atoms with Crippen LogP contribution < -0.4 is 5.32 Å². The lowest BCUT2D eigenvalue weighted by Gasteiger charge is -2.07. The summed E-state index contributed by atoms with van der Waals surface area (Å²) in [5.41, 5.74) is 1.44. The van der Waals surface area contributed by atoms with E-state index < -0.39 is 10.9 Å². The Balaban J connectivity index is 2.11. The lowest BCUT2D eigenvalue weighted by atomic mass is 10.2. The Labute approximate surface area is 114 Å². The van der Waals surface area contributed by atoms with Gasteiger partial charge in [0.15, 0.2) is 0 Å². The SMILES string of the molecule is Cc1ccc([N+](=O)[O-])cc1NCc1ccc(C(=O)O)o1. The molecule has 0 bridgehead atoms. The molecule has 1 heterocycles. The van der Waals surface area contributed by atoms with E-state index in [2.05, 4.69) is 5.32 Å². The van der Waals surface area contributed by atoms with E-state index in [0.29, 0.717) is 11.4 Å². The number of hydrogen-bond donors (Lipinski definition) is 2. The Morgan fingerprint density at radius 2 is 2.15 bits per heavy atom. The molecule has 0 aliphatic carbocycles. The van der Waals surface area contributed by atoms with Crippen LogP contribution in [-0.4, -0.2) is 16.0 Å². The van der Waals surface area contributed by atoms with Crippen molar-refractivity contribution in [2.75, 3.05) is 5.32 Å². The number of rotatable bonds is 5. The van der Waals surface area contributed by atoms with Gasteiger partial charge in [-0.25, -0.2) is 4.79 Å². The van der Waals surface area contributed by atoms with E-state index in [1.807, 2.05) is 6.92 Å². The smallest absolute Gasteiger partial charge is 0.371 e. The lowest BCUT2D eigenvalue weighted by Crippen LogP contribution is -2.01. The van der Waals surface area contributed by atoms with Crippen LogP contribution in [0.5, 0.6) is 0 Å². The maximum Gasteiger partial charge on any atom is 0.371 e. The van der Waals surface area contributed by atoms with E-state index in [1.54, 1.807) is 12.1 Å². The summed E-state index contributed by atoms with van der Waals surface area (Å²) in [4.78, 5) is 20.9. The van der Waals surface area contributed by atoms with Gasteiger partial charge in [0, 0.05) is 17.8 Å². The molecule has 2 aromatic rings. The van der Waals surface area contributed by atoms with Crippen LogP contribution in [0, 0.1) is 17.0 Å². The number of nitrogens with one attached hydrogen (secondary N) is 1. The summed E-state index contributed by atoms with van der Waals surface area (Å²) in [6, 6.07) is 7.40. The number of carboxylic acids is 1. The normalized spacial score (nSPS) is 10.2. The van der Waals surface area contributed by atoms with Crippen molar-refractivity contribution in [1.29, 1.82) is 0 Å². The molecule has 0 spiro atoms. The number of hydrogen-bond acceptors (Lipinski definition) is 5. The number of aromatic carboxylic acids is 1. The number of nitrogens with zero attached hydrogens (tertiary/aromatic N) is 1. The molecular weight excluding hydrogens is 264 g/mol. The third-order valence-electron chi connectivity index (χ3n) is 2.76. The van der Waals surface area contributed by atoms with Crippen LogP contribution in [0.25, 0.3) is 0 Å². The standard InChI is InChI=1S/C13H12N2O5/c1-8-2-3-9(15(18)19)6-11(8)14-7-10-4-5-12(20-10)13(16)17/h2-6,14H,7H2,1H3,(H,16,17). The maximum atomic E-state index is 10.7. The van der Waals surface area contributed by atoms with Crippen LogP contribution >= 0.6 is 0 Å². The van der Waals surface area contributed by atoms with Crippen molar-refractivity contribution in [3.63, 3.8) is 0 Å². The van der Waals surface area contributed by atoms with E-state index in [0.717, 1.165) is 5.56 Å². The number of aryl methyl sites for hydroxylation is 1. The Hall–Kier alpha value is -2.83. The molecule has 0 radical (unpaired) electrons. The second-order valence-corrected chi connectivity index (χ2v) is 4.18. The molecule has 0 unspecified atom stereocenters. The van der Waals surface area contributed by atoms with Crippen molar-refractivity contribution >= 4 is 17.3 Å². The van der Waals surface area contributed by atoms with E-state index in [-0.39, 0.29) is 18.0 Å². The number of benzene rings is 1. The van der Waals surface area contributed by atoms with Crippen LogP contribution in [0.15, 0.2) is 34.7 Å². The highest BCUT2D eigenvalue weighted by atomic mass is 16.6. The molecule has 2 N–H and O–H groups in total. The number of carboxylic acid groups (broad SMARTS) is 1. The van der Waals surface area contributed by atoms with Gasteiger partial charge in [-0.2, -0.15) is 0 Å². The molecular formula is C13H12N2O5. The molecule has 0 saturated carbocycles. The molecule has 20 heavy (non-hydrogen) atoms. The van der Waals surface area contributed by atoms with E-state index >= 15 is 0 Å². The van der Waals surface area contributed by atoms with Crippen LogP contribution in [0.3, 0.4) is 0 Å². The van der Waals surface area contributed by atoms with Crippen LogP contribution in [0.1, 0.15) is 21.9 Å². The zero-order valence-electron chi connectivity index (χ0n) is 10.6. The average molecular weight is 276 g/mol. The summed E-state index contributed by atoms with van der Waals surface area (Å²) in [7, 11) is 0. The fourth-order valence-corrected chi connectivity index (χ4v) is 1.68. The maximum absolute atomic E-state index is 10.7. The zero-order valence-corrected chi connectivity index (χ0v) is 10.6. The number of nitro groups is 1. The fraction of sp³-hybridized carbons (Fsp3) is 0.154. The number of carbonyl (C=O) groups is 1. The van der Waals surface area contributed by atoms with Gasteiger partial charge in [0.05, 0.1) is 11.5 Å². The minimum Gasteiger partial charge on any atom is -0.475 e. The average Bonchev–Trinajstić information content (AvgIpc) is 2.86. The van der Waals surface area contributed by atoms with Crippen LogP contribution in [-0.2, 0) is 6.54 Å². The molecule has 0 saturated heterocycles. The molecule has 0 fully saturated rings. The summed E-state index contributed by atoms with van der Waals surface area (Å²) in [6.45, 7) is 2.06. The molecule has 2 rings (SSSR count). The Morgan fingerprint density at radius 1 is 1.40 bits per heavy atom. The first kappa shape index (κ1) is 13.6.